The van der Waals surface area contributed by atoms with Crippen molar-refractivity contribution in [2.75, 3.05) is 19.3 Å². The Morgan fingerprint density at radius 3 is 2.62 bits per heavy atom. The van der Waals surface area contributed by atoms with E-state index in [0.29, 0.717) is 17.8 Å². The van der Waals surface area contributed by atoms with E-state index in [4.69, 9.17) is 5.73 Å². The predicted octanol–water partition coefficient (Wildman–Crippen LogP) is 2.12. The van der Waals surface area contributed by atoms with Gasteiger partial charge in [0.1, 0.15) is 11.9 Å². The molecule has 10 heteroatoms. The summed E-state index contributed by atoms with van der Waals surface area (Å²) in [5.74, 6) is -0.619. The number of benzene rings is 1. The fraction of sp³-hybridized carbons (Fsp3) is 0.409. The highest BCUT2D eigenvalue weighted by Gasteiger charge is 2.35. The quantitative estimate of drug-likeness (QED) is 0.601. The van der Waals surface area contributed by atoms with Crippen molar-refractivity contribution in [3.05, 3.63) is 59.3 Å². The standard InChI is InChI=1S/C22H26F3N5O2/c1-30-10-4-7-18(30)21(32)29-17(11-15-5-2-3-6-16(15)22(23,24)25)20(31)28-13-14-8-9-19(26)27-12-14/h2-3,5-6,8-9,12,17-18H,4,7,10-11,13H2,1H3,(H2,26,27)(H,28,31)(H,29,32)/t17-,18+/m0/s1. The zero-order valence-corrected chi connectivity index (χ0v) is 17.7. The molecule has 1 aromatic carbocycles. The molecule has 3 rings (SSSR count). The molecule has 0 radical (unpaired) electrons. The monoisotopic (exact) mass is 449 g/mol. The van der Waals surface area contributed by atoms with Crippen LogP contribution in [0.2, 0.25) is 0 Å². The average Bonchev–Trinajstić information content (AvgIpc) is 3.18. The summed E-state index contributed by atoms with van der Waals surface area (Å²) in [5.41, 5.74) is 5.33. The molecule has 2 atom stereocenters. The summed E-state index contributed by atoms with van der Waals surface area (Å²) in [6.45, 7) is 0.846. The summed E-state index contributed by atoms with van der Waals surface area (Å²) in [4.78, 5) is 31.5. The van der Waals surface area contributed by atoms with E-state index in [2.05, 4.69) is 15.6 Å². The molecule has 0 saturated carbocycles. The van der Waals surface area contributed by atoms with E-state index in [1.165, 1.54) is 24.4 Å². The maximum Gasteiger partial charge on any atom is 0.416 e. The summed E-state index contributed by atoms with van der Waals surface area (Å²) in [6, 6.07) is 6.75. The molecule has 0 spiro atoms. The van der Waals surface area contributed by atoms with Crippen molar-refractivity contribution in [3.8, 4) is 0 Å². The van der Waals surface area contributed by atoms with Crippen molar-refractivity contribution < 1.29 is 22.8 Å². The van der Waals surface area contributed by atoms with E-state index < -0.39 is 29.7 Å². The minimum Gasteiger partial charge on any atom is -0.384 e. The number of hydrogen-bond donors (Lipinski definition) is 3. The van der Waals surface area contributed by atoms with Gasteiger partial charge in [0.05, 0.1) is 11.6 Å². The maximum atomic E-state index is 13.4. The first-order chi connectivity index (χ1) is 15.1. The molecule has 2 aromatic rings. The Balaban J connectivity index is 1.78. The van der Waals surface area contributed by atoms with Gasteiger partial charge in [-0.05, 0) is 49.7 Å². The van der Waals surface area contributed by atoms with Gasteiger partial charge < -0.3 is 16.4 Å². The Hall–Kier alpha value is -3.14. The van der Waals surface area contributed by atoms with Crippen molar-refractivity contribution in [3.63, 3.8) is 0 Å². The van der Waals surface area contributed by atoms with Gasteiger partial charge in [-0.1, -0.05) is 24.3 Å². The molecule has 4 N–H and O–H groups in total. The van der Waals surface area contributed by atoms with Crippen LogP contribution in [0, 0.1) is 0 Å². The van der Waals surface area contributed by atoms with E-state index in [1.807, 2.05) is 4.90 Å². The number of alkyl halides is 3. The molecular formula is C22H26F3N5O2. The number of halogens is 3. The number of anilines is 1. The predicted molar refractivity (Wildman–Crippen MR) is 113 cm³/mol. The number of carbonyl (C=O) groups is 2. The van der Waals surface area contributed by atoms with E-state index in [1.54, 1.807) is 19.2 Å². The van der Waals surface area contributed by atoms with Crippen molar-refractivity contribution in [2.24, 2.45) is 0 Å². The lowest BCUT2D eigenvalue weighted by atomic mass is 9.98. The lowest BCUT2D eigenvalue weighted by Gasteiger charge is -2.24. The molecular weight excluding hydrogens is 423 g/mol. The largest absolute Gasteiger partial charge is 0.416 e. The third-order valence-electron chi connectivity index (χ3n) is 5.52. The third-order valence-corrected chi connectivity index (χ3v) is 5.52. The number of likely N-dealkylation sites (N-methyl/N-ethyl adjacent to an activating group) is 1. The van der Waals surface area contributed by atoms with Crippen molar-refractivity contribution in [1.82, 2.24) is 20.5 Å². The minimum absolute atomic E-state index is 0.0608. The van der Waals surface area contributed by atoms with Gasteiger partial charge in [-0.3, -0.25) is 14.5 Å². The van der Waals surface area contributed by atoms with Crippen LogP contribution in [0.25, 0.3) is 0 Å². The summed E-state index contributed by atoms with van der Waals surface area (Å²) in [5, 5.41) is 5.34. The molecule has 1 aliphatic rings. The molecule has 0 aliphatic carbocycles. The van der Waals surface area contributed by atoms with Crippen LogP contribution < -0.4 is 16.4 Å². The maximum absolute atomic E-state index is 13.4. The summed E-state index contributed by atoms with van der Waals surface area (Å²) in [6.07, 6.45) is -1.89. The third kappa shape index (κ3) is 5.97. The van der Waals surface area contributed by atoms with Crippen LogP contribution in [0.15, 0.2) is 42.6 Å². The Morgan fingerprint density at radius 2 is 2.00 bits per heavy atom. The van der Waals surface area contributed by atoms with Crippen LogP contribution in [0.5, 0.6) is 0 Å². The van der Waals surface area contributed by atoms with Gasteiger partial charge in [0, 0.05) is 19.2 Å². The van der Waals surface area contributed by atoms with Gasteiger partial charge in [-0.25, -0.2) is 4.98 Å². The van der Waals surface area contributed by atoms with Gasteiger partial charge >= 0.3 is 6.18 Å². The van der Waals surface area contributed by atoms with E-state index in [0.717, 1.165) is 19.0 Å². The number of nitrogen functional groups attached to an aromatic ring is 1. The zero-order chi connectivity index (χ0) is 23.3. The molecule has 7 nitrogen and oxygen atoms in total. The highest BCUT2D eigenvalue weighted by molar-refractivity contribution is 5.90. The van der Waals surface area contributed by atoms with Gasteiger partial charge in [0.2, 0.25) is 11.8 Å². The highest BCUT2D eigenvalue weighted by atomic mass is 19.4. The molecule has 1 aromatic heterocycles. The molecule has 32 heavy (non-hydrogen) atoms. The van der Waals surface area contributed by atoms with Crippen molar-refractivity contribution >= 4 is 17.6 Å². The molecule has 1 saturated heterocycles. The highest BCUT2D eigenvalue weighted by Crippen LogP contribution is 2.32. The molecule has 1 fully saturated rings. The topological polar surface area (TPSA) is 100 Å². The second-order valence-electron chi connectivity index (χ2n) is 7.87. The Bertz CT molecular complexity index is 949. The summed E-state index contributed by atoms with van der Waals surface area (Å²) < 4.78 is 40.3. The number of carbonyl (C=O) groups excluding carboxylic acids is 2. The Kier molecular flexibility index (Phi) is 7.34. The first-order valence-corrected chi connectivity index (χ1v) is 10.3. The molecule has 172 valence electrons. The Labute approximate surface area is 184 Å². The molecule has 0 bridgehead atoms. The van der Waals surface area contributed by atoms with Gasteiger partial charge in [-0.2, -0.15) is 13.2 Å². The number of amides is 2. The van der Waals surface area contributed by atoms with Gasteiger partial charge in [0.15, 0.2) is 0 Å². The first-order valence-electron chi connectivity index (χ1n) is 10.3. The number of pyridine rings is 1. The number of hydrogen-bond acceptors (Lipinski definition) is 5. The van der Waals surface area contributed by atoms with Crippen LogP contribution >= 0.6 is 0 Å². The average molecular weight is 449 g/mol. The first kappa shape index (κ1) is 23.5. The molecule has 0 unspecified atom stereocenters. The number of nitrogens with zero attached hydrogens (tertiary/aromatic N) is 2. The smallest absolute Gasteiger partial charge is 0.384 e. The fourth-order valence-electron chi connectivity index (χ4n) is 3.77. The van der Waals surface area contributed by atoms with Crippen LogP contribution in [0.4, 0.5) is 19.0 Å². The normalized spacial score (nSPS) is 17.7. The van der Waals surface area contributed by atoms with Crippen LogP contribution in [-0.4, -0.2) is 47.4 Å². The van der Waals surface area contributed by atoms with E-state index >= 15 is 0 Å². The Morgan fingerprint density at radius 1 is 1.25 bits per heavy atom. The fourth-order valence-corrected chi connectivity index (χ4v) is 3.77. The van der Waals surface area contributed by atoms with E-state index in [-0.39, 0.29) is 24.4 Å². The zero-order valence-electron chi connectivity index (χ0n) is 17.7. The number of nitrogens with two attached hydrogens (primary N) is 1. The second kappa shape index (κ2) is 9.99. The molecule has 2 amide bonds. The van der Waals surface area contributed by atoms with Crippen LogP contribution in [0.3, 0.4) is 0 Å². The van der Waals surface area contributed by atoms with Gasteiger partial charge in [-0.15, -0.1) is 0 Å². The SMILES string of the molecule is CN1CCC[C@@H]1C(=O)N[C@@H](Cc1ccccc1C(F)(F)F)C(=O)NCc1ccc(N)nc1. The van der Waals surface area contributed by atoms with Gasteiger partial charge in [0.25, 0.3) is 0 Å². The molecule has 2 heterocycles. The second-order valence-corrected chi connectivity index (χ2v) is 7.87. The number of rotatable bonds is 7. The van der Waals surface area contributed by atoms with Crippen LogP contribution in [0.1, 0.15) is 29.5 Å². The van der Waals surface area contributed by atoms with E-state index in [9.17, 15) is 22.8 Å². The van der Waals surface area contributed by atoms with Crippen molar-refractivity contribution in [2.45, 2.75) is 44.1 Å². The van der Waals surface area contributed by atoms with Crippen molar-refractivity contribution in [1.29, 1.82) is 0 Å². The lowest BCUT2D eigenvalue weighted by molar-refractivity contribution is -0.138. The summed E-state index contributed by atoms with van der Waals surface area (Å²) in [7, 11) is 1.80. The molecule has 1 aliphatic heterocycles. The van der Waals surface area contributed by atoms with Crippen LogP contribution in [-0.2, 0) is 28.7 Å². The summed E-state index contributed by atoms with van der Waals surface area (Å²) >= 11 is 0. The number of nitrogens with one attached hydrogen (secondary N) is 2. The minimum atomic E-state index is -4.57. The number of likely N-dealkylation sites (tertiary alicyclic amines) is 1. The number of aromatic nitrogens is 1. The lowest BCUT2D eigenvalue weighted by Crippen LogP contribution is -2.52.